The number of para-hydroxylation sites is 2. The zero-order valence-corrected chi connectivity index (χ0v) is 16.4. The van der Waals surface area contributed by atoms with Crippen LogP contribution >= 0.6 is 0 Å². The summed E-state index contributed by atoms with van der Waals surface area (Å²) in [5.41, 5.74) is 1.23. The number of benzene rings is 3. The van der Waals surface area contributed by atoms with Gasteiger partial charge in [0.25, 0.3) is 5.91 Å². The van der Waals surface area contributed by atoms with Crippen LogP contribution in [-0.4, -0.2) is 20.6 Å². The zero-order chi connectivity index (χ0) is 20.1. The first-order valence-corrected chi connectivity index (χ1v) is 10.7. The predicted molar refractivity (Wildman–Crippen MR) is 108 cm³/mol. The van der Waals surface area contributed by atoms with E-state index >= 15 is 0 Å². The van der Waals surface area contributed by atoms with Crippen LogP contribution in [0.3, 0.4) is 0 Å². The van der Waals surface area contributed by atoms with Crippen LogP contribution in [0.4, 0.5) is 0 Å². The van der Waals surface area contributed by atoms with E-state index < -0.39 is 9.84 Å². The first-order valence-electron chi connectivity index (χ1n) is 8.77. The van der Waals surface area contributed by atoms with E-state index in [0.29, 0.717) is 17.1 Å². The van der Waals surface area contributed by atoms with Crippen LogP contribution in [0.15, 0.2) is 83.8 Å². The third-order valence-corrected chi connectivity index (χ3v) is 5.39. The summed E-state index contributed by atoms with van der Waals surface area (Å²) in [6.07, 6.45) is 1.16. The number of sulfone groups is 1. The molecule has 0 saturated carbocycles. The molecule has 0 spiro atoms. The van der Waals surface area contributed by atoms with Gasteiger partial charge in [-0.1, -0.05) is 42.5 Å². The van der Waals surface area contributed by atoms with Crippen molar-refractivity contribution in [2.75, 3.05) is 6.26 Å². The third-order valence-electron chi connectivity index (χ3n) is 4.26. The molecule has 0 aliphatic heterocycles. The van der Waals surface area contributed by atoms with Crippen LogP contribution in [0.5, 0.6) is 11.5 Å². The molecule has 0 aliphatic rings. The van der Waals surface area contributed by atoms with Crippen LogP contribution in [0.25, 0.3) is 0 Å². The van der Waals surface area contributed by atoms with E-state index in [9.17, 15) is 13.2 Å². The number of hydrogen-bond donors (Lipinski definition) is 1. The molecule has 1 N–H and O–H groups in total. The molecule has 1 unspecified atom stereocenters. The van der Waals surface area contributed by atoms with Gasteiger partial charge in [-0.05, 0) is 48.9 Å². The Bertz CT molecular complexity index is 1060. The van der Waals surface area contributed by atoms with Crippen molar-refractivity contribution in [3.63, 3.8) is 0 Å². The molecule has 1 amide bonds. The van der Waals surface area contributed by atoms with Gasteiger partial charge in [0.2, 0.25) is 0 Å². The molecule has 0 saturated heterocycles. The van der Waals surface area contributed by atoms with Crippen molar-refractivity contribution in [3.05, 3.63) is 90.0 Å². The smallest absolute Gasteiger partial charge is 0.255 e. The first kappa shape index (κ1) is 19.6. The Balaban J connectivity index is 1.76. The molecular formula is C22H21NO4S. The summed E-state index contributed by atoms with van der Waals surface area (Å²) in [4.78, 5) is 13.0. The lowest BCUT2D eigenvalue weighted by atomic mass is 10.1. The molecule has 3 aromatic rings. The van der Waals surface area contributed by atoms with Gasteiger partial charge in [0.1, 0.15) is 11.5 Å². The van der Waals surface area contributed by atoms with Gasteiger partial charge < -0.3 is 10.1 Å². The van der Waals surface area contributed by atoms with E-state index in [1.54, 1.807) is 42.5 Å². The fourth-order valence-corrected chi connectivity index (χ4v) is 3.35. The lowest BCUT2D eigenvalue weighted by molar-refractivity contribution is 0.0937. The van der Waals surface area contributed by atoms with Crippen molar-refractivity contribution in [1.29, 1.82) is 0 Å². The van der Waals surface area contributed by atoms with Gasteiger partial charge in [-0.15, -0.1) is 0 Å². The summed E-state index contributed by atoms with van der Waals surface area (Å²) in [5, 5.41) is 2.93. The molecule has 0 radical (unpaired) electrons. The van der Waals surface area contributed by atoms with Crippen LogP contribution in [-0.2, 0) is 9.84 Å². The average Bonchev–Trinajstić information content (AvgIpc) is 2.68. The van der Waals surface area contributed by atoms with Crippen molar-refractivity contribution >= 4 is 15.7 Å². The molecule has 0 aromatic heterocycles. The number of carbonyl (C=O) groups is 1. The Morgan fingerprint density at radius 1 is 0.893 bits per heavy atom. The summed E-state index contributed by atoms with van der Waals surface area (Å²) in [5.74, 6) is 0.837. The first-order chi connectivity index (χ1) is 13.3. The quantitative estimate of drug-likeness (QED) is 0.673. The number of amides is 1. The van der Waals surface area contributed by atoms with E-state index in [2.05, 4.69) is 5.32 Å². The Morgan fingerprint density at radius 2 is 1.50 bits per heavy atom. The van der Waals surface area contributed by atoms with Crippen molar-refractivity contribution in [2.24, 2.45) is 0 Å². The number of ether oxygens (including phenoxy) is 1. The summed E-state index contributed by atoms with van der Waals surface area (Å²) in [6, 6.07) is 22.5. The number of carbonyl (C=O) groups excluding carboxylic acids is 1. The fraction of sp³-hybridized carbons (Fsp3) is 0.136. The average molecular weight is 395 g/mol. The van der Waals surface area contributed by atoms with E-state index in [1.165, 1.54) is 0 Å². The van der Waals surface area contributed by atoms with Gasteiger partial charge >= 0.3 is 0 Å². The molecule has 6 heteroatoms. The van der Waals surface area contributed by atoms with Crippen molar-refractivity contribution in [2.45, 2.75) is 17.9 Å². The van der Waals surface area contributed by atoms with Crippen LogP contribution < -0.4 is 10.1 Å². The molecule has 0 heterocycles. The summed E-state index contributed by atoms with van der Waals surface area (Å²) in [7, 11) is -3.25. The highest BCUT2D eigenvalue weighted by atomic mass is 32.2. The lowest BCUT2D eigenvalue weighted by Gasteiger charge is -2.16. The zero-order valence-electron chi connectivity index (χ0n) is 15.6. The minimum Gasteiger partial charge on any atom is -0.457 e. The summed E-state index contributed by atoms with van der Waals surface area (Å²) in [6.45, 7) is 1.84. The number of rotatable bonds is 6. The van der Waals surface area contributed by atoms with Crippen molar-refractivity contribution in [3.8, 4) is 11.5 Å². The SMILES string of the molecule is CC(NC(=O)c1ccccc1Oc1ccccc1)c1ccc(S(C)(=O)=O)cc1. The van der Waals surface area contributed by atoms with Crippen molar-refractivity contribution < 1.29 is 17.9 Å². The Hall–Kier alpha value is -3.12. The van der Waals surface area contributed by atoms with Gasteiger partial charge in [-0.2, -0.15) is 0 Å². The fourth-order valence-electron chi connectivity index (χ4n) is 2.72. The second kappa shape index (κ2) is 8.27. The van der Waals surface area contributed by atoms with Crippen LogP contribution in [0.1, 0.15) is 28.9 Å². The van der Waals surface area contributed by atoms with E-state index in [-0.39, 0.29) is 16.8 Å². The Labute approximate surface area is 164 Å². The van der Waals surface area contributed by atoms with Gasteiger partial charge in [0, 0.05) is 6.26 Å². The Morgan fingerprint density at radius 3 is 2.14 bits per heavy atom. The summed E-state index contributed by atoms with van der Waals surface area (Å²) >= 11 is 0. The largest absolute Gasteiger partial charge is 0.457 e. The number of hydrogen-bond acceptors (Lipinski definition) is 4. The third kappa shape index (κ3) is 4.78. The van der Waals surface area contributed by atoms with E-state index in [0.717, 1.165) is 11.8 Å². The second-order valence-corrected chi connectivity index (χ2v) is 8.46. The van der Waals surface area contributed by atoms with Gasteiger partial charge in [0.05, 0.1) is 16.5 Å². The highest BCUT2D eigenvalue weighted by Gasteiger charge is 2.16. The Kier molecular flexibility index (Phi) is 5.80. The van der Waals surface area contributed by atoms with Gasteiger partial charge in [-0.25, -0.2) is 8.42 Å². The molecule has 3 aromatic carbocycles. The second-order valence-electron chi connectivity index (χ2n) is 6.45. The highest BCUT2D eigenvalue weighted by molar-refractivity contribution is 7.90. The maximum Gasteiger partial charge on any atom is 0.255 e. The molecule has 0 aliphatic carbocycles. The monoisotopic (exact) mass is 395 g/mol. The molecular weight excluding hydrogens is 374 g/mol. The van der Waals surface area contributed by atoms with E-state index in [4.69, 9.17) is 4.74 Å². The molecule has 144 valence electrons. The van der Waals surface area contributed by atoms with Crippen LogP contribution in [0, 0.1) is 0 Å². The van der Waals surface area contributed by atoms with Crippen LogP contribution in [0.2, 0.25) is 0 Å². The molecule has 0 fully saturated rings. The highest BCUT2D eigenvalue weighted by Crippen LogP contribution is 2.26. The topological polar surface area (TPSA) is 72.5 Å². The van der Waals surface area contributed by atoms with Gasteiger partial charge in [-0.3, -0.25) is 4.79 Å². The normalized spacial score (nSPS) is 12.2. The standard InChI is InChI=1S/C22H21NO4S/c1-16(17-12-14-19(15-13-17)28(2,25)26)23-22(24)20-10-6-7-11-21(20)27-18-8-4-3-5-9-18/h3-16H,1-2H3,(H,23,24). The number of nitrogens with one attached hydrogen (secondary N) is 1. The van der Waals surface area contributed by atoms with E-state index in [1.807, 2.05) is 43.3 Å². The summed E-state index contributed by atoms with van der Waals surface area (Å²) < 4.78 is 29.0. The lowest BCUT2D eigenvalue weighted by Crippen LogP contribution is -2.27. The maximum atomic E-state index is 12.8. The van der Waals surface area contributed by atoms with Gasteiger partial charge in [0.15, 0.2) is 9.84 Å². The minimum atomic E-state index is -3.25. The molecule has 1 atom stereocenters. The molecule has 28 heavy (non-hydrogen) atoms. The molecule has 3 rings (SSSR count). The molecule has 5 nitrogen and oxygen atoms in total. The predicted octanol–water partition coefficient (Wildman–Crippen LogP) is 4.37. The molecule has 0 bridgehead atoms. The maximum absolute atomic E-state index is 12.8. The van der Waals surface area contributed by atoms with Crippen molar-refractivity contribution in [1.82, 2.24) is 5.32 Å². The minimum absolute atomic E-state index is 0.247.